The summed E-state index contributed by atoms with van der Waals surface area (Å²) < 4.78 is 19.0. The summed E-state index contributed by atoms with van der Waals surface area (Å²) >= 11 is 4.66. The number of rotatable bonds is 7. The molecule has 0 saturated heterocycles. The van der Waals surface area contributed by atoms with Crippen molar-refractivity contribution in [1.82, 2.24) is 4.57 Å². The minimum absolute atomic E-state index is 0.147. The standard InChI is InChI=1S/C33H28BrN3O6S/c1-5-43-32(40)26-18(2)35-33-37(28(26)22-13-12-21(41-3)16-25(22)42-4)31(39)29(44-33)27-23-15-20(34)11-14-24(23)36(30(27)38)17-19-9-7-6-8-10-19/h6-16,28H,5,17H2,1-4H3/b29-27-/t28-/m0/s1. The van der Waals surface area contributed by atoms with Crippen molar-refractivity contribution in [2.24, 2.45) is 4.99 Å². The Labute approximate surface area is 265 Å². The largest absolute Gasteiger partial charge is 0.497 e. The second-order valence-electron chi connectivity index (χ2n) is 10.1. The fourth-order valence-corrected chi connectivity index (χ4v) is 7.12. The lowest BCUT2D eigenvalue weighted by molar-refractivity contribution is -0.139. The lowest BCUT2D eigenvalue weighted by Gasteiger charge is -2.26. The molecule has 9 nitrogen and oxygen atoms in total. The molecule has 0 radical (unpaired) electrons. The Kier molecular flexibility index (Phi) is 8.00. The number of halogens is 1. The number of anilines is 1. The van der Waals surface area contributed by atoms with Gasteiger partial charge in [0.25, 0.3) is 11.5 Å². The number of aromatic nitrogens is 1. The van der Waals surface area contributed by atoms with Crippen LogP contribution in [0.15, 0.2) is 92.3 Å². The summed E-state index contributed by atoms with van der Waals surface area (Å²) in [5.41, 5.74) is 3.34. The number of carbonyl (C=O) groups excluding carboxylic acids is 2. The van der Waals surface area contributed by atoms with E-state index in [1.165, 1.54) is 11.7 Å². The lowest BCUT2D eigenvalue weighted by Crippen LogP contribution is -2.41. The van der Waals surface area contributed by atoms with E-state index in [0.717, 1.165) is 21.4 Å². The van der Waals surface area contributed by atoms with Crippen LogP contribution in [0.3, 0.4) is 0 Å². The van der Waals surface area contributed by atoms with Gasteiger partial charge >= 0.3 is 5.97 Å². The molecule has 3 heterocycles. The zero-order valence-electron chi connectivity index (χ0n) is 24.4. The number of amides is 1. The van der Waals surface area contributed by atoms with Crippen molar-refractivity contribution in [1.29, 1.82) is 0 Å². The first kappa shape index (κ1) is 29.6. The highest BCUT2D eigenvalue weighted by Gasteiger charge is 2.38. The molecule has 0 spiro atoms. The van der Waals surface area contributed by atoms with Crippen LogP contribution in [0.25, 0.3) is 5.57 Å². The molecule has 6 rings (SSSR count). The van der Waals surface area contributed by atoms with E-state index in [1.54, 1.807) is 44.1 Å². The van der Waals surface area contributed by atoms with E-state index in [-0.39, 0.29) is 22.6 Å². The third-order valence-corrected chi connectivity index (χ3v) is 9.16. The van der Waals surface area contributed by atoms with E-state index in [1.807, 2.05) is 48.5 Å². The molecule has 0 N–H and O–H groups in total. The molecule has 224 valence electrons. The third kappa shape index (κ3) is 4.95. The van der Waals surface area contributed by atoms with E-state index in [9.17, 15) is 14.4 Å². The molecule has 3 aromatic carbocycles. The van der Waals surface area contributed by atoms with Gasteiger partial charge in [0.1, 0.15) is 22.1 Å². The highest BCUT2D eigenvalue weighted by atomic mass is 79.9. The smallest absolute Gasteiger partial charge is 0.338 e. The van der Waals surface area contributed by atoms with Crippen LogP contribution in [-0.2, 0) is 20.9 Å². The molecule has 1 amide bonds. The number of thiazole rings is 1. The van der Waals surface area contributed by atoms with Gasteiger partial charge in [0.15, 0.2) is 4.80 Å². The highest BCUT2D eigenvalue weighted by Crippen LogP contribution is 2.40. The number of hydrogen-bond acceptors (Lipinski definition) is 8. The number of ether oxygens (including phenoxy) is 3. The minimum atomic E-state index is -0.917. The van der Waals surface area contributed by atoms with Crippen molar-refractivity contribution in [3.05, 3.63) is 119 Å². The molecule has 0 unspecified atom stereocenters. The maximum absolute atomic E-state index is 14.5. The first-order chi connectivity index (χ1) is 21.3. The molecule has 0 fully saturated rings. The first-order valence-corrected chi connectivity index (χ1v) is 15.5. The number of fused-ring (bicyclic) bond motifs is 2. The molecule has 11 heteroatoms. The first-order valence-electron chi connectivity index (χ1n) is 13.9. The Morgan fingerprint density at radius 1 is 1.02 bits per heavy atom. The van der Waals surface area contributed by atoms with Crippen LogP contribution in [0.4, 0.5) is 5.69 Å². The molecule has 4 aromatic rings. The summed E-state index contributed by atoms with van der Waals surface area (Å²) in [6.07, 6.45) is 0. The third-order valence-electron chi connectivity index (χ3n) is 7.62. The van der Waals surface area contributed by atoms with E-state index in [4.69, 9.17) is 14.2 Å². The topological polar surface area (TPSA) is 99.4 Å². The van der Waals surface area contributed by atoms with E-state index in [2.05, 4.69) is 20.9 Å². The Bertz CT molecular complexity index is 2030. The van der Waals surface area contributed by atoms with Crippen LogP contribution in [0.5, 0.6) is 11.5 Å². The van der Waals surface area contributed by atoms with Crippen molar-refractivity contribution in [3.63, 3.8) is 0 Å². The number of nitrogens with zero attached hydrogens (tertiary/aromatic N) is 3. The molecular formula is C33H28BrN3O6S. The van der Waals surface area contributed by atoms with Crippen molar-refractivity contribution in [2.45, 2.75) is 26.4 Å². The average molecular weight is 675 g/mol. The Balaban J connectivity index is 1.62. The number of allylic oxidation sites excluding steroid dienone is 1. The van der Waals surface area contributed by atoms with Crippen molar-refractivity contribution >= 4 is 50.4 Å². The predicted octanol–water partition coefficient (Wildman–Crippen LogP) is 4.50. The van der Waals surface area contributed by atoms with E-state index >= 15 is 0 Å². The van der Waals surface area contributed by atoms with Crippen LogP contribution >= 0.6 is 27.3 Å². The van der Waals surface area contributed by atoms with Gasteiger partial charge < -0.3 is 19.1 Å². The van der Waals surface area contributed by atoms with Gasteiger partial charge in [-0.05, 0) is 49.7 Å². The summed E-state index contributed by atoms with van der Waals surface area (Å²) in [7, 11) is 3.06. The molecular weight excluding hydrogens is 646 g/mol. The molecule has 0 aliphatic carbocycles. The molecule has 1 aromatic heterocycles. The summed E-state index contributed by atoms with van der Waals surface area (Å²) in [5, 5.41) is 0. The fraction of sp³-hybridized carbons (Fsp3) is 0.212. The summed E-state index contributed by atoms with van der Waals surface area (Å²) in [6, 6.07) is 19.6. The van der Waals surface area contributed by atoms with Gasteiger partial charge in [0, 0.05) is 21.7 Å². The molecule has 2 aliphatic heterocycles. The van der Waals surface area contributed by atoms with Crippen molar-refractivity contribution < 1.29 is 23.8 Å². The second-order valence-corrected chi connectivity index (χ2v) is 12.0. The lowest BCUT2D eigenvalue weighted by atomic mass is 9.95. The zero-order chi connectivity index (χ0) is 31.1. The van der Waals surface area contributed by atoms with Gasteiger partial charge in [-0.15, -0.1) is 0 Å². The summed E-state index contributed by atoms with van der Waals surface area (Å²) in [4.78, 5) is 48.8. The quantitative estimate of drug-likeness (QED) is 0.268. The predicted molar refractivity (Wildman–Crippen MR) is 171 cm³/mol. The normalized spacial score (nSPS) is 16.8. The Morgan fingerprint density at radius 2 is 1.80 bits per heavy atom. The number of methoxy groups -OCH3 is 2. The summed E-state index contributed by atoms with van der Waals surface area (Å²) in [6.45, 7) is 3.92. The summed E-state index contributed by atoms with van der Waals surface area (Å²) in [5.74, 6) is 0.0992. The molecule has 44 heavy (non-hydrogen) atoms. The molecule has 0 bridgehead atoms. The molecule has 2 aliphatic rings. The van der Waals surface area contributed by atoms with Gasteiger partial charge in [0.2, 0.25) is 0 Å². The minimum Gasteiger partial charge on any atom is -0.497 e. The second kappa shape index (κ2) is 11.9. The van der Waals surface area contributed by atoms with Crippen LogP contribution in [-0.4, -0.2) is 37.3 Å². The SMILES string of the molecule is CCOC(=O)C1=C(C)N=c2s/c(=C3\C(=O)N(Cc4ccccc4)c4ccc(Br)cc43)c(=O)n2[C@H]1c1ccc(OC)cc1OC. The van der Waals surface area contributed by atoms with Gasteiger partial charge in [-0.1, -0.05) is 57.6 Å². The zero-order valence-corrected chi connectivity index (χ0v) is 26.8. The van der Waals surface area contributed by atoms with Gasteiger partial charge in [0.05, 0.1) is 49.9 Å². The Morgan fingerprint density at radius 3 is 2.50 bits per heavy atom. The Hall–Kier alpha value is -4.48. The monoisotopic (exact) mass is 673 g/mol. The van der Waals surface area contributed by atoms with Gasteiger partial charge in [-0.3, -0.25) is 14.2 Å². The molecule has 0 saturated carbocycles. The number of hydrogen-bond donors (Lipinski definition) is 0. The van der Waals surface area contributed by atoms with Crippen LogP contribution in [0.2, 0.25) is 0 Å². The van der Waals surface area contributed by atoms with Crippen LogP contribution in [0.1, 0.15) is 36.6 Å². The number of carbonyl (C=O) groups is 2. The average Bonchev–Trinajstić information content (AvgIpc) is 3.48. The maximum Gasteiger partial charge on any atom is 0.338 e. The van der Waals surface area contributed by atoms with Gasteiger partial charge in [-0.2, -0.15) is 0 Å². The maximum atomic E-state index is 14.5. The van der Waals surface area contributed by atoms with E-state index in [0.29, 0.717) is 50.9 Å². The van der Waals surface area contributed by atoms with E-state index < -0.39 is 17.6 Å². The highest BCUT2D eigenvalue weighted by molar-refractivity contribution is 9.10. The molecule has 1 atom stereocenters. The van der Waals surface area contributed by atoms with Crippen molar-refractivity contribution in [2.75, 3.05) is 25.7 Å². The number of esters is 1. The van der Waals surface area contributed by atoms with Crippen molar-refractivity contribution in [3.8, 4) is 11.5 Å². The fourth-order valence-electron chi connectivity index (χ4n) is 5.63. The van der Waals surface area contributed by atoms with Gasteiger partial charge in [-0.25, -0.2) is 9.79 Å². The van der Waals surface area contributed by atoms with Crippen LogP contribution < -0.4 is 29.3 Å². The number of benzene rings is 3. The van der Waals surface area contributed by atoms with Crippen LogP contribution in [0, 0.1) is 0 Å².